The molecule has 0 bridgehead atoms. The standard InChI is InChI=1S/C15H24O2/c1-2-3-4-5-8-13-10-11-15(17)14(13)9-6-7-12-16/h13-14,16H,2-4,6-7,9-12H2,1H3/t13-,14-/m0/s1. The van der Waals surface area contributed by atoms with Gasteiger partial charge in [-0.15, -0.1) is 5.92 Å². The second-order valence-corrected chi connectivity index (χ2v) is 4.86. The zero-order valence-electron chi connectivity index (χ0n) is 10.9. The molecule has 0 aromatic carbocycles. The Morgan fingerprint density at radius 3 is 2.88 bits per heavy atom. The van der Waals surface area contributed by atoms with E-state index >= 15 is 0 Å². The molecule has 17 heavy (non-hydrogen) atoms. The first-order valence-electron chi connectivity index (χ1n) is 6.91. The number of Topliss-reactive ketones (excluding diaryl/α,β-unsaturated/α-hetero) is 1. The fourth-order valence-electron chi connectivity index (χ4n) is 2.39. The molecule has 0 unspecified atom stereocenters. The van der Waals surface area contributed by atoms with Crippen LogP contribution >= 0.6 is 0 Å². The molecule has 0 spiro atoms. The molecule has 0 aromatic rings. The summed E-state index contributed by atoms with van der Waals surface area (Å²) in [5, 5.41) is 8.76. The first kappa shape index (κ1) is 14.3. The molecule has 0 aliphatic heterocycles. The SMILES string of the molecule is CCCCC#C[C@H]1CCC(=O)[C@H]1CCCCO. The number of rotatable bonds is 6. The minimum absolute atomic E-state index is 0.149. The molecule has 2 nitrogen and oxygen atoms in total. The molecule has 0 radical (unpaired) electrons. The van der Waals surface area contributed by atoms with E-state index in [4.69, 9.17) is 5.11 Å². The van der Waals surface area contributed by atoms with E-state index < -0.39 is 0 Å². The van der Waals surface area contributed by atoms with E-state index in [9.17, 15) is 4.79 Å². The molecule has 0 aromatic heterocycles. The van der Waals surface area contributed by atoms with Gasteiger partial charge in [0.25, 0.3) is 0 Å². The highest BCUT2D eigenvalue weighted by molar-refractivity contribution is 5.83. The Morgan fingerprint density at radius 2 is 2.18 bits per heavy atom. The summed E-state index contributed by atoms with van der Waals surface area (Å²) in [6, 6.07) is 0. The van der Waals surface area contributed by atoms with Gasteiger partial charge in [0.2, 0.25) is 0 Å². The predicted octanol–water partition coefficient (Wildman–Crippen LogP) is 2.94. The summed E-state index contributed by atoms with van der Waals surface area (Å²) >= 11 is 0. The van der Waals surface area contributed by atoms with Gasteiger partial charge in [0.1, 0.15) is 5.78 Å². The Bertz CT molecular complexity index is 285. The molecule has 2 heteroatoms. The van der Waals surface area contributed by atoms with Crippen molar-refractivity contribution in [3.8, 4) is 11.8 Å². The van der Waals surface area contributed by atoms with Crippen molar-refractivity contribution in [3.63, 3.8) is 0 Å². The van der Waals surface area contributed by atoms with E-state index in [1.807, 2.05) is 0 Å². The third-order valence-electron chi connectivity index (χ3n) is 3.47. The molecule has 2 atom stereocenters. The number of unbranched alkanes of at least 4 members (excludes halogenated alkanes) is 3. The van der Waals surface area contributed by atoms with Crippen LogP contribution in [0.1, 0.15) is 58.3 Å². The Kier molecular flexibility index (Phi) is 6.96. The van der Waals surface area contributed by atoms with Gasteiger partial charge >= 0.3 is 0 Å². The Labute approximate surface area is 105 Å². The van der Waals surface area contributed by atoms with Crippen LogP contribution in [0.25, 0.3) is 0 Å². The number of hydrogen-bond acceptors (Lipinski definition) is 2. The minimum atomic E-state index is 0.149. The first-order chi connectivity index (χ1) is 8.29. The first-order valence-corrected chi connectivity index (χ1v) is 6.91. The zero-order chi connectivity index (χ0) is 12.5. The van der Waals surface area contributed by atoms with Crippen molar-refractivity contribution >= 4 is 5.78 Å². The summed E-state index contributed by atoms with van der Waals surface area (Å²) in [5.41, 5.74) is 0. The summed E-state index contributed by atoms with van der Waals surface area (Å²) in [6.45, 7) is 2.40. The molecule has 0 heterocycles. The van der Waals surface area contributed by atoms with E-state index in [-0.39, 0.29) is 18.4 Å². The Morgan fingerprint density at radius 1 is 1.35 bits per heavy atom. The zero-order valence-corrected chi connectivity index (χ0v) is 10.9. The molecular formula is C15H24O2. The molecule has 1 N–H and O–H groups in total. The van der Waals surface area contributed by atoms with Crippen LogP contribution in [0, 0.1) is 23.7 Å². The highest BCUT2D eigenvalue weighted by Gasteiger charge is 2.32. The number of aliphatic hydroxyl groups is 1. The van der Waals surface area contributed by atoms with Gasteiger partial charge in [0.05, 0.1) is 0 Å². The average molecular weight is 236 g/mol. The average Bonchev–Trinajstić information content (AvgIpc) is 2.67. The normalized spacial score (nSPS) is 23.5. The van der Waals surface area contributed by atoms with Crippen LogP contribution in [0.3, 0.4) is 0 Å². The minimum Gasteiger partial charge on any atom is -0.396 e. The van der Waals surface area contributed by atoms with Crippen LogP contribution < -0.4 is 0 Å². The Hall–Kier alpha value is -0.810. The highest BCUT2D eigenvalue weighted by Crippen LogP contribution is 2.32. The van der Waals surface area contributed by atoms with E-state index in [1.54, 1.807) is 0 Å². The fourth-order valence-corrected chi connectivity index (χ4v) is 2.39. The Balaban J connectivity index is 2.40. The van der Waals surface area contributed by atoms with Crippen molar-refractivity contribution in [3.05, 3.63) is 0 Å². The lowest BCUT2D eigenvalue weighted by Gasteiger charge is -2.12. The number of aliphatic hydroxyl groups excluding tert-OH is 1. The van der Waals surface area contributed by atoms with Gasteiger partial charge < -0.3 is 5.11 Å². The second kappa shape index (κ2) is 8.31. The maximum Gasteiger partial charge on any atom is 0.137 e. The van der Waals surface area contributed by atoms with Crippen molar-refractivity contribution < 1.29 is 9.90 Å². The smallest absolute Gasteiger partial charge is 0.137 e. The lowest BCUT2D eigenvalue weighted by molar-refractivity contribution is -0.121. The number of ketones is 1. The molecule has 96 valence electrons. The van der Waals surface area contributed by atoms with Crippen LogP contribution in [-0.2, 0) is 4.79 Å². The predicted molar refractivity (Wildman–Crippen MR) is 69.5 cm³/mol. The second-order valence-electron chi connectivity index (χ2n) is 4.86. The van der Waals surface area contributed by atoms with Gasteiger partial charge in [-0.25, -0.2) is 0 Å². The third-order valence-corrected chi connectivity index (χ3v) is 3.47. The highest BCUT2D eigenvalue weighted by atomic mass is 16.2. The lowest BCUT2D eigenvalue weighted by atomic mass is 9.90. The number of carbonyl (C=O) groups excluding carboxylic acids is 1. The number of carbonyl (C=O) groups is 1. The van der Waals surface area contributed by atoms with Crippen molar-refractivity contribution in [2.75, 3.05) is 6.61 Å². The quantitative estimate of drug-likeness (QED) is 0.568. The molecule has 0 saturated heterocycles. The van der Waals surface area contributed by atoms with E-state index in [0.717, 1.165) is 38.5 Å². The van der Waals surface area contributed by atoms with Gasteiger partial charge in [0.15, 0.2) is 0 Å². The fraction of sp³-hybridized carbons (Fsp3) is 0.800. The van der Waals surface area contributed by atoms with Crippen LogP contribution in [-0.4, -0.2) is 17.5 Å². The monoisotopic (exact) mass is 236 g/mol. The summed E-state index contributed by atoms with van der Waals surface area (Å²) in [5.74, 6) is 7.33. The van der Waals surface area contributed by atoms with Crippen LogP contribution in [0.15, 0.2) is 0 Å². The summed E-state index contributed by atoms with van der Waals surface area (Å²) in [6.07, 6.45) is 7.61. The molecule has 1 rings (SSSR count). The summed E-state index contributed by atoms with van der Waals surface area (Å²) in [7, 11) is 0. The topological polar surface area (TPSA) is 37.3 Å². The van der Waals surface area contributed by atoms with Crippen molar-refractivity contribution in [1.82, 2.24) is 0 Å². The third kappa shape index (κ3) is 4.91. The van der Waals surface area contributed by atoms with Crippen LogP contribution in [0.4, 0.5) is 0 Å². The lowest BCUT2D eigenvalue weighted by Crippen LogP contribution is -2.13. The summed E-state index contributed by atoms with van der Waals surface area (Å²) < 4.78 is 0. The van der Waals surface area contributed by atoms with E-state index in [0.29, 0.717) is 12.2 Å². The van der Waals surface area contributed by atoms with Gasteiger partial charge in [-0.3, -0.25) is 4.79 Å². The number of hydrogen-bond donors (Lipinski definition) is 1. The molecule has 0 amide bonds. The van der Waals surface area contributed by atoms with Gasteiger partial charge in [-0.2, -0.15) is 0 Å². The van der Waals surface area contributed by atoms with Gasteiger partial charge in [-0.05, 0) is 25.7 Å². The summed E-state index contributed by atoms with van der Waals surface area (Å²) in [4.78, 5) is 11.7. The van der Waals surface area contributed by atoms with Crippen molar-refractivity contribution in [2.45, 2.75) is 58.3 Å². The van der Waals surface area contributed by atoms with Gasteiger partial charge in [0, 0.05) is 31.3 Å². The van der Waals surface area contributed by atoms with Crippen LogP contribution in [0.5, 0.6) is 0 Å². The largest absolute Gasteiger partial charge is 0.396 e. The molecular weight excluding hydrogens is 212 g/mol. The van der Waals surface area contributed by atoms with E-state index in [2.05, 4.69) is 18.8 Å². The molecule has 1 fully saturated rings. The van der Waals surface area contributed by atoms with Crippen molar-refractivity contribution in [2.24, 2.45) is 11.8 Å². The van der Waals surface area contributed by atoms with Crippen LogP contribution in [0.2, 0.25) is 0 Å². The van der Waals surface area contributed by atoms with E-state index in [1.165, 1.54) is 6.42 Å². The maximum absolute atomic E-state index is 11.7. The van der Waals surface area contributed by atoms with Crippen molar-refractivity contribution in [1.29, 1.82) is 0 Å². The molecule has 1 saturated carbocycles. The van der Waals surface area contributed by atoms with Gasteiger partial charge in [-0.1, -0.05) is 25.7 Å². The molecule has 1 aliphatic carbocycles. The molecule has 1 aliphatic rings. The maximum atomic E-state index is 11.7.